The molecule has 2 aromatic rings. The fourth-order valence-corrected chi connectivity index (χ4v) is 1.81. The van der Waals surface area contributed by atoms with Crippen LogP contribution in [0.15, 0.2) is 24.3 Å². The number of hydrogen-bond acceptors (Lipinski definition) is 3. The van der Waals surface area contributed by atoms with Gasteiger partial charge < -0.3 is 15.2 Å². The van der Waals surface area contributed by atoms with Gasteiger partial charge in [-0.25, -0.2) is 4.98 Å². The number of nitrogens with zero attached hydrogens (tertiary/aromatic N) is 2. The zero-order chi connectivity index (χ0) is 13.0. The third-order valence-electron chi connectivity index (χ3n) is 2.78. The van der Waals surface area contributed by atoms with Crippen LogP contribution in [-0.2, 0) is 4.79 Å². The van der Waals surface area contributed by atoms with Gasteiger partial charge in [0.1, 0.15) is 0 Å². The van der Waals surface area contributed by atoms with E-state index in [4.69, 9.17) is 0 Å². The van der Waals surface area contributed by atoms with Crippen molar-refractivity contribution in [2.45, 2.75) is 13.3 Å². The van der Waals surface area contributed by atoms with Crippen molar-refractivity contribution >= 4 is 22.9 Å². The molecule has 0 spiro atoms. The molecule has 18 heavy (non-hydrogen) atoms. The maximum absolute atomic E-state index is 10.7. The van der Waals surface area contributed by atoms with Crippen LogP contribution in [0.5, 0.6) is 0 Å². The van der Waals surface area contributed by atoms with E-state index in [2.05, 4.69) is 20.2 Å². The number of anilines is 1. The second-order valence-electron chi connectivity index (χ2n) is 4.34. The summed E-state index contributed by atoms with van der Waals surface area (Å²) in [4.78, 5) is 20.6. The van der Waals surface area contributed by atoms with E-state index in [0.717, 1.165) is 29.9 Å². The molecule has 0 unspecified atom stereocenters. The lowest BCUT2D eigenvalue weighted by Gasteiger charge is -2.15. The van der Waals surface area contributed by atoms with Crippen molar-refractivity contribution in [2.75, 3.05) is 25.0 Å². The number of benzene rings is 1. The van der Waals surface area contributed by atoms with Crippen LogP contribution >= 0.6 is 0 Å². The minimum atomic E-state index is 0.0152. The number of rotatable bonds is 5. The van der Waals surface area contributed by atoms with Crippen molar-refractivity contribution in [3.05, 3.63) is 24.3 Å². The largest absolute Gasteiger partial charge is 0.356 e. The van der Waals surface area contributed by atoms with Crippen molar-refractivity contribution in [2.24, 2.45) is 0 Å². The van der Waals surface area contributed by atoms with Crippen LogP contribution in [0.1, 0.15) is 13.3 Å². The van der Waals surface area contributed by atoms with E-state index in [0.29, 0.717) is 6.54 Å². The van der Waals surface area contributed by atoms with Gasteiger partial charge in [0.25, 0.3) is 0 Å². The Morgan fingerprint density at radius 2 is 2.22 bits per heavy atom. The predicted octanol–water partition coefficient (Wildman–Crippen LogP) is 1.53. The summed E-state index contributed by atoms with van der Waals surface area (Å²) in [5.41, 5.74) is 2.02. The fourth-order valence-electron chi connectivity index (χ4n) is 1.81. The molecule has 1 aromatic carbocycles. The van der Waals surface area contributed by atoms with E-state index >= 15 is 0 Å². The Bertz CT molecular complexity index is 502. The lowest BCUT2D eigenvalue weighted by Crippen LogP contribution is -2.26. The maximum atomic E-state index is 10.7. The first-order valence-corrected chi connectivity index (χ1v) is 6.07. The van der Waals surface area contributed by atoms with Crippen LogP contribution in [0.3, 0.4) is 0 Å². The minimum Gasteiger partial charge on any atom is -0.356 e. The monoisotopic (exact) mass is 246 g/mol. The van der Waals surface area contributed by atoms with E-state index in [9.17, 15) is 4.79 Å². The smallest absolute Gasteiger partial charge is 0.216 e. The van der Waals surface area contributed by atoms with Gasteiger partial charge in [-0.2, -0.15) is 0 Å². The molecule has 5 nitrogen and oxygen atoms in total. The van der Waals surface area contributed by atoms with Crippen LogP contribution < -0.4 is 10.2 Å². The lowest BCUT2D eigenvalue weighted by atomic mass is 10.3. The van der Waals surface area contributed by atoms with E-state index in [1.807, 2.05) is 31.3 Å². The number of nitrogens with one attached hydrogen (secondary N) is 2. The zero-order valence-electron chi connectivity index (χ0n) is 10.7. The highest BCUT2D eigenvalue weighted by atomic mass is 16.1. The molecule has 1 aromatic heterocycles. The Balaban J connectivity index is 1.92. The van der Waals surface area contributed by atoms with Crippen LogP contribution in [0.2, 0.25) is 0 Å². The average molecular weight is 246 g/mol. The molecule has 0 bridgehead atoms. The Hall–Kier alpha value is -2.04. The first kappa shape index (κ1) is 12.4. The highest BCUT2D eigenvalue weighted by Gasteiger charge is 2.06. The van der Waals surface area contributed by atoms with Crippen molar-refractivity contribution < 1.29 is 4.79 Å². The van der Waals surface area contributed by atoms with Gasteiger partial charge >= 0.3 is 0 Å². The molecule has 0 saturated carbocycles. The fraction of sp³-hybridized carbons (Fsp3) is 0.385. The molecule has 0 atom stereocenters. The summed E-state index contributed by atoms with van der Waals surface area (Å²) in [7, 11) is 1.99. The highest BCUT2D eigenvalue weighted by Crippen LogP contribution is 2.15. The molecular formula is C13H18N4O. The van der Waals surface area contributed by atoms with E-state index in [1.54, 1.807) is 0 Å². The van der Waals surface area contributed by atoms with Crippen LogP contribution in [0.25, 0.3) is 11.0 Å². The summed E-state index contributed by atoms with van der Waals surface area (Å²) in [6, 6.07) is 7.96. The van der Waals surface area contributed by atoms with E-state index < -0.39 is 0 Å². The predicted molar refractivity (Wildman–Crippen MR) is 72.7 cm³/mol. The molecule has 0 aliphatic carbocycles. The Morgan fingerprint density at radius 3 is 2.94 bits per heavy atom. The van der Waals surface area contributed by atoms with Gasteiger partial charge in [0, 0.05) is 27.1 Å². The third-order valence-corrected chi connectivity index (χ3v) is 2.78. The first-order chi connectivity index (χ1) is 8.66. The highest BCUT2D eigenvalue weighted by molar-refractivity contribution is 5.77. The molecule has 1 heterocycles. The second kappa shape index (κ2) is 5.53. The number of aromatic amines is 1. The molecule has 2 N–H and O–H groups in total. The molecule has 0 fully saturated rings. The molecule has 0 aliphatic rings. The molecule has 0 radical (unpaired) electrons. The summed E-state index contributed by atoms with van der Waals surface area (Å²) in [6.07, 6.45) is 0.896. The number of para-hydroxylation sites is 2. The molecule has 5 heteroatoms. The normalized spacial score (nSPS) is 10.6. The zero-order valence-corrected chi connectivity index (χ0v) is 10.7. The van der Waals surface area contributed by atoms with Crippen LogP contribution in [0.4, 0.5) is 5.95 Å². The van der Waals surface area contributed by atoms with Gasteiger partial charge in [-0.05, 0) is 18.6 Å². The average Bonchev–Trinajstić information content (AvgIpc) is 2.78. The molecule has 1 amide bonds. The third kappa shape index (κ3) is 3.00. The molecule has 0 saturated heterocycles. The summed E-state index contributed by atoms with van der Waals surface area (Å²) in [5, 5.41) is 2.78. The number of amides is 1. The molecule has 96 valence electrons. The van der Waals surface area contributed by atoms with Gasteiger partial charge in [-0.1, -0.05) is 12.1 Å². The van der Waals surface area contributed by atoms with Crippen molar-refractivity contribution in [1.29, 1.82) is 0 Å². The molecular weight excluding hydrogens is 228 g/mol. The number of hydrogen-bond donors (Lipinski definition) is 2. The minimum absolute atomic E-state index is 0.0152. The summed E-state index contributed by atoms with van der Waals surface area (Å²) in [5.74, 6) is 0.875. The number of aromatic nitrogens is 2. The standard InChI is InChI=1S/C13H18N4O/c1-10(18)14-8-5-9-17(2)13-15-11-6-3-4-7-12(11)16-13/h3-4,6-7H,5,8-9H2,1-2H3,(H,14,18)(H,15,16). The molecule has 2 rings (SSSR count). The van der Waals surface area contributed by atoms with Crippen molar-refractivity contribution in [3.8, 4) is 0 Å². The summed E-state index contributed by atoms with van der Waals surface area (Å²) >= 11 is 0. The van der Waals surface area contributed by atoms with Crippen molar-refractivity contribution in [3.63, 3.8) is 0 Å². The maximum Gasteiger partial charge on any atom is 0.216 e. The summed E-state index contributed by atoms with van der Waals surface area (Å²) in [6.45, 7) is 3.07. The van der Waals surface area contributed by atoms with E-state index in [-0.39, 0.29) is 5.91 Å². The van der Waals surface area contributed by atoms with Crippen LogP contribution in [0, 0.1) is 0 Å². The van der Waals surface area contributed by atoms with Gasteiger partial charge in [0.15, 0.2) is 0 Å². The van der Waals surface area contributed by atoms with Gasteiger partial charge in [0.05, 0.1) is 11.0 Å². The Labute approximate surface area is 106 Å². The second-order valence-corrected chi connectivity index (χ2v) is 4.34. The number of H-pyrrole nitrogens is 1. The lowest BCUT2D eigenvalue weighted by molar-refractivity contribution is -0.118. The number of imidazole rings is 1. The van der Waals surface area contributed by atoms with Gasteiger partial charge in [-0.15, -0.1) is 0 Å². The molecule has 0 aliphatic heterocycles. The Kier molecular flexibility index (Phi) is 3.82. The van der Waals surface area contributed by atoms with Gasteiger partial charge in [-0.3, -0.25) is 4.79 Å². The number of carbonyl (C=O) groups excluding carboxylic acids is 1. The topological polar surface area (TPSA) is 61.0 Å². The van der Waals surface area contributed by atoms with E-state index in [1.165, 1.54) is 6.92 Å². The Morgan fingerprint density at radius 1 is 1.44 bits per heavy atom. The quantitative estimate of drug-likeness (QED) is 0.786. The first-order valence-electron chi connectivity index (χ1n) is 6.07. The van der Waals surface area contributed by atoms with Crippen LogP contribution in [-0.4, -0.2) is 36.0 Å². The summed E-state index contributed by atoms with van der Waals surface area (Å²) < 4.78 is 0. The van der Waals surface area contributed by atoms with Gasteiger partial charge in [0.2, 0.25) is 11.9 Å². The number of carbonyl (C=O) groups is 1. The number of fused-ring (bicyclic) bond motifs is 1. The van der Waals surface area contributed by atoms with Crippen molar-refractivity contribution in [1.82, 2.24) is 15.3 Å². The SMILES string of the molecule is CC(=O)NCCCN(C)c1nc2ccccc2[nH]1.